The van der Waals surface area contributed by atoms with Crippen LogP contribution in [0.25, 0.3) is 0 Å². The Morgan fingerprint density at radius 3 is 3.25 bits per heavy atom. The van der Waals surface area contributed by atoms with E-state index in [0.717, 1.165) is 24.3 Å². The van der Waals surface area contributed by atoms with Gasteiger partial charge in [-0.05, 0) is 12.1 Å². The van der Waals surface area contributed by atoms with Crippen LogP contribution < -0.4 is 15.4 Å². The van der Waals surface area contributed by atoms with Gasteiger partial charge in [-0.3, -0.25) is 4.79 Å². The first kappa shape index (κ1) is 12.5. The highest BCUT2D eigenvalue weighted by atomic mass is 16.5. The van der Waals surface area contributed by atoms with E-state index in [2.05, 4.69) is 20.6 Å². The van der Waals surface area contributed by atoms with Crippen molar-refractivity contribution in [1.82, 2.24) is 15.3 Å². The van der Waals surface area contributed by atoms with Gasteiger partial charge in [0.15, 0.2) is 5.75 Å². The van der Waals surface area contributed by atoms with Crippen LogP contribution in [-0.4, -0.2) is 35.6 Å². The molecule has 0 aliphatic carbocycles. The molecule has 6 heteroatoms. The highest BCUT2D eigenvalue weighted by molar-refractivity contribution is 5.98. The molecule has 0 unspecified atom stereocenters. The van der Waals surface area contributed by atoms with E-state index in [1.165, 1.54) is 0 Å². The summed E-state index contributed by atoms with van der Waals surface area (Å²) in [6.07, 6.45) is 4.10. The van der Waals surface area contributed by atoms with Gasteiger partial charge < -0.3 is 20.4 Å². The first-order valence-corrected chi connectivity index (χ1v) is 6.60. The van der Waals surface area contributed by atoms with Gasteiger partial charge >= 0.3 is 0 Å². The topological polar surface area (TPSA) is 79.0 Å². The molecule has 0 saturated heterocycles. The third-order valence-corrected chi connectivity index (χ3v) is 3.16. The molecular formula is C14H16N4O2. The molecule has 0 spiro atoms. The number of amides is 1. The summed E-state index contributed by atoms with van der Waals surface area (Å²) in [5.41, 5.74) is 2.44. The SMILES string of the molecule is O=C(NCCc1cnc[nH]1)c1cccc2c1OCCN2. The molecule has 20 heavy (non-hydrogen) atoms. The van der Waals surface area contributed by atoms with Crippen LogP contribution >= 0.6 is 0 Å². The van der Waals surface area contributed by atoms with Crippen molar-refractivity contribution in [1.29, 1.82) is 0 Å². The summed E-state index contributed by atoms with van der Waals surface area (Å²) >= 11 is 0. The van der Waals surface area contributed by atoms with E-state index in [4.69, 9.17) is 4.74 Å². The quantitative estimate of drug-likeness (QED) is 0.781. The fraction of sp³-hybridized carbons (Fsp3) is 0.286. The second-order valence-electron chi connectivity index (χ2n) is 4.54. The number of imidazole rings is 1. The van der Waals surface area contributed by atoms with Gasteiger partial charge in [-0.15, -0.1) is 0 Å². The van der Waals surface area contributed by atoms with E-state index in [-0.39, 0.29) is 5.91 Å². The van der Waals surface area contributed by atoms with Gasteiger partial charge in [-0.25, -0.2) is 4.98 Å². The number of para-hydroxylation sites is 1. The first-order valence-electron chi connectivity index (χ1n) is 6.60. The maximum Gasteiger partial charge on any atom is 0.255 e. The maximum atomic E-state index is 12.2. The largest absolute Gasteiger partial charge is 0.489 e. The Labute approximate surface area is 116 Å². The van der Waals surface area contributed by atoms with Gasteiger partial charge in [0.1, 0.15) is 6.61 Å². The molecule has 1 aromatic heterocycles. The van der Waals surface area contributed by atoms with Crippen LogP contribution in [0.2, 0.25) is 0 Å². The summed E-state index contributed by atoms with van der Waals surface area (Å²) in [6, 6.07) is 5.54. The molecule has 3 N–H and O–H groups in total. The fourth-order valence-corrected chi connectivity index (χ4v) is 2.18. The van der Waals surface area contributed by atoms with E-state index in [9.17, 15) is 4.79 Å². The number of H-pyrrole nitrogens is 1. The first-order chi connectivity index (χ1) is 9.84. The number of carbonyl (C=O) groups is 1. The molecule has 1 amide bonds. The van der Waals surface area contributed by atoms with Crippen molar-refractivity contribution in [3.63, 3.8) is 0 Å². The lowest BCUT2D eigenvalue weighted by atomic mass is 10.1. The van der Waals surface area contributed by atoms with Gasteiger partial charge in [0, 0.05) is 31.4 Å². The average Bonchev–Trinajstić information content (AvgIpc) is 3.00. The van der Waals surface area contributed by atoms with Crippen LogP contribution in [0.1, 0.15) is 16.1 Å². The lowest BCUT2D eigenvalue weighted by molar-refractivity contribution is 0.0950. The smallest absolute Gasteiger partial charge is 0.255 e. The Bertz CT molecular complexity index is 595. The van der Waals surface area contributed by atoms with Crippen molar-refractivity contribution >= 4 is 11.6 Å². The van der Waals surface area contributed by atoms with Crippen molar-refractivity contribution in [3.05, 3.63) is 42.0 Å². The molecule has 1 aliphatic rings. The molecule has 0 atom stereocenters. The van der Waals surface area contributed by atoms with E-state index >= 15 is 0 Å². The summed E-state index contributed by atoms with van der Waals surface area (Å²) in [6.45, 7) is 1.89. The number of hydrogen-bond donors (Lipinski definition) is 3. The fourth-order valence-electron chi connectivity index (χ4n) is 2.18. The van der Waals surface area contributed by atoms with Crippen molar-refractivity contribution in [3.8, 4) is 5.75 Å². The predicted octanol–water partition coefficient (Wildman–Crippen LogP) is 1.19. The van der Waals surface area contributed by atoms with Crippen LogP contribution in [0.15, 0.2) is 30.7 Å². The molecule has 2 aromatic rings. The molecule has 0 radical (unpaired) electrons. The van der Waals surface area contributed by atoms with Crippen molar-refractivity contribution < 1.29 is 9.53 Å². The zero-order valence-electron chi connectivity index (χ0n) is 11.0. The van der Waals surface area contributed by atoms with E-state index in [1.807, 2.05) is 12.1 Å². The maximum absolute atomic E-state index is 12.2. The Morgan fingerprint density at radius 2 is 2.40 bits per heavy atom. The van der Waals surface area contributed by atoms with Gasteiger partial charge in [-0.1, -0.05) is 6.07 Å². The van der Waals surface area contributed by atoms with Crippen LogP contribution in [0.5, 0.6) is 5.75 Å². The number of benzene rings is 1. The molecule has 0 fully saturated rings. The molecule has 0 bridgehead atoms. The van der Waals surface area contributed by atoms with E-state index in [1.54, 1.807) is 18.6 Å². The summed E-state index contributed by atoms with van der Waals surface area (Å²) in [7, 11) is 0. The number of anilines is 1. The number of nitrogens with zero attached hydrogens (tertiary/aromatic N) is 1. The van der Waals surface area contributed by atoms with Crippen LogP contribution in [-0.2, 0) is 6.42 Å². The zero-order valence-corrected chi connectivity index (χ0v) is 11.0. The van der Waals surface area contributed by atoms with Crippen molar-refractivity contribution in [2.24, 2.45) is 0 Å². The number of nitrogens with one attached hydrogen (secondary N) is 3. The molecule has 1 aromatic carbocycles. The van der Waals surface area contributed by atoms with Gasteiger partial charge in [0.25, 0.3) is 5.91 Å². The highest BCUT2D eigenvalue weighted by Gasteiger charge is 2.18. The van der Waals surface area contributed by atoms with E-state index in [0.29, 0.717) is 24.5 Å². The molecule has 6 nitrogen and oxygen atoms in total. The standard InChI is InChI=1S/C14H16N4O2/c19-14(17-5-4-10-8-15-9-18-10)11-2-1-3-12-13(11)20-7-6-16-12/h1-3,8-9,16H,4-7H2,(H,15,18)(H,17,19). The summed E-state index contributed by atoms with van der Waals surface area (Å²) in [5, 5.41) is 6.11. The third-order valence-electron chi connectivity index (χ3n) is 3.16. The second-order valence-corrected chi connectivity index (χ2v) is 4.54. The van der Waals surface area contributed by atoms with Gasteiger partial charge in [-0.2, -0.15) is 0 Å². The van der Waals surface area contributed by atoms with Crippen LogP contribution in [0, 0.1) is 0 Å². The number of fused-ring (bicyclic) bond motifs is 1. The zero-order chi connectivity index (χ0) is 13.8. The summed E-state index contributed by atoms with van der Waals surface area (Å²) in [5.74, 6) is 0.517. The number of ether oxygens (including phenoxy) is 1. The van der Waals surface area contributed by atoms with Gasteiger partial charge in [0.05, 0.1) is 17.6 Å². The van der Waals surface area contributed by atoms with Gasteiger partial charge in [0.2, 0.25) is 0 Å². The normalized spacial score (nSPS) is 13.0. The highest BCUT2D eigenvalue weighted by Crippen LogP contribution is 2.30. The van der Waals surface area contributed by atoms with Crippen molar-refractivity contribution in [2.45, 2.75) is 6.42 Å². The molecule has 3 rings (SSSR count). The minimum absolute atomic E-state index is 0.120. The minimum Gasteiger partial charge on any atom is -0.489 e. The lowest BCUT2D eigenvalue weighted by Gasteiger charge is -2.21. The third kappa shape index (κ3) is 2.59. The monoisotopic (exact) mass is 272 g/mol. The Hall–Kier alpha value is -2.50. The minimum atomic E-state index is -0.120. The number of rotatable bonds is 4. The van der Waals surface area contributed by atoms with Crippen molar-refractivity contribution in [2.75, 3.05) is 25.0 Å². The van der Waals surface area contributed by atoms with Crippen LogP contribution in [0.4, 0.5) is 5.69 Å². The number of aromatic amines is 1. The average molecular weight is 272 g/mol. The predicted molar refractivity (Wildman–Crippen MR) is 75.1 cm³/mol. The summed E-state index contributed by atoms with van der Waals surface area (Å²) in [4.78, 5) is 19.1. The molecule has 0 saturated carbocycles. The number of carbonyl (C=O) groups excluding carboxylic acids is 1. The Morgan fingerprint density at radius 1 is 1.45 bits per heavy atom. The van der Waals surface area contributed by atoms with Crippen LogP contribution in [0.3, 0.4) is 0 Å². The molecule has 2 heterocycles. The molecule has 1 aliphatic heterocycles. The number of hydrogen-bond acceptors (Lipinski definition) is 4. The Kier molecular flexibility index (Phi) is 3.54. The van der Waals surface area contributed by atoms with E-state index < -0.39 is 0 Å². The second kappa shape index (κ2) is 5.64. The lowest BCUT2D eigenvalue weighted by Crippen LogP contribution is -2.28. The molecular weight excluding hydrogens is 256 g/mol. The number of aromatic nitrogens is 2. The summed E-state index contributed by atoms with van der Waals surface area (Å²) < 4.78 is 5.59. The Balaban J connectivity index is 1.65. The molecule has 104 valence electrons.